The van der Waals surface area contributed by atoms with E-state index in [1.807, 2.05) is 42.6 Å². The molecule has 0 unspecified atom stereocenters. The van der Waals surface area contributed by atoms with E-state index in [9.17, 15) is 13.2 Å². The molecule has 1 fully saturated rings. The van der Waals surface area contributed by atoms with Crippen molar-refractivity contribution in [2.45, 2.75) is 57.8 Å². The average molecular weight is 526 g/mol. The second-order valence-corrected chi connectivity index (χ2v) is 12.2. The van der Waals surface area contributed by atoms with Crippen LogP contribution in [0.25, 0.3) is 10.9 Å². The van der Waals surface area contributed by atoms with Gasteiger partial charge in [-0.25, -0.2) is 12.7 Å². The molecule has 8 heteroatoms. The molecule has 200 valence electrons. The lowest BCUT2D eigenvalue weighted by Gasteiger charge is -2.27. The molecule has 2 heterocycles. The Morgan fingerprint density at radius 1 is 1.03 bits per heavy atom. The molecule has 7 nitrogen and oxygen atoms in total. The van der Waals surface area contributed by atoms with E-state index < -0.39 is 10.0 Å². The molecule has 0 amide bonds. The zero-order chi connectivity index (χ0) is 26.1. The molecule has 0 bridgehead atoms. The molecule has 1 saturated carbocycles. The van der Waals surface area contributed by atoms with E-state index in [0.717, 1.165) is 67.2 Å². The Morgan fingerprint density at radius 3 is 2.65 bits per heavy atom. The van der Waals surface area contributed by atoms with Crippen molar-refractivity contribution in [1.29, 1.82) is 0 Å². The topological polar surface area (TPSA) is 81.5 Å². The number of ether oxygens (including phenoxy) is 1. The third kappa shape index (κ3) is 7.89. The first-order chi connectivity index (χ1) is 17.9. The summed E-state index contributed by atoms with van der Waals surface area (Å²) in [5.74, 6) is 1.34. The van der Waals surface area contributed by atoms with E-state index in [4.69, 9.17) is 4.74 Å². The number of aromatic nitrogens is 2. The van der Waals surface area contributed by atoms with Gasteiger partial charge in [0.25, 0.3) is 5.56 Å². The molecular weight excluding hydrogens is 486 g/mol. The summed E-state index contributed by atoms with van der Waals surface area (Å²) < 4.78 is 36.0. The zero-order valence-corrected chi connectivity index (χ0v) is 22.7. The lowest BCUT2D eigenvalue weighted by Crippen LogP contribution is -2.38. The number of hydrogen-bond donors (Lipinski definition) is 0. The normalized spacial score (nSPS) is 14.9. The van der Waals surface area contributed by atoms with E-state index in [1.165, 1.54) is 6.42 Å². The van der Waals surface area contributed by atoms with Crippen LogP contribution in [0.4, 0.5) is 0 Å². The standard InChI is InChI=1S/C29H39N3O4S/c1-31-28-14-13-27(21-26(28)12-15-29(31)33)36-20-7-3-6-18-32(19-16-24-11-8-17-30-22-24)37(34,35)23-25-9-4-2-5-10-25/h8,11-15,17,21-22,25H,2-7,9-10,16,18-20,23H2,1H3. The molecule has 0 N–H and O–H groups in total. The van der Waals surface area contributed by atoms with Crippen LogP contribution >= 0.6 is 0 Å². The van der Waals surface area contributed by atoms with E-state index in [0.29, 0.717) is 26.1 Å². The van der Waals surface area contributed by atoms with Gasteiger partial charge in [0.2, 0.25) is 10.0 Å². The number of nitrogens with zero attached hydrogens (tertiary/aromatic N) is 3. The first-order valence-corrected chi connectivity index (χ1v) is 15.1. The van der Waals surface area contributed by atoms with Gasteiger partial charge in [-0.2, -0.15) is 0 Å². The number of hydrogen-bond acceptors (Lipinski definition) is 5. The van der Waals surface area contributed by atoms with Gasteiger partial charge in [-0.1, -0.05) is 25.3 Å². The minimum Gasteiger partial charge on any atom is -0.494 e. The van der Waals surface area contributed by atoms with Gasteiger partial charge in [0, 0.05) is 44.0 Å². The fraction of sp³-hybridized carbons (Fsp3) is 0.517. The van der Waals surface area contributed by atoms with Crippen molar-refractivity contribution >= 4 is 20.9 Å². The quantitative estimate of drug-likeness (QED) is 0.295. The highest BCUT2D eigenvalue weighted by Crippen LogP contribution is 2.26. The number of sulfonamides is 1. The van der Waals surface area contributed by atoms with Crippen LogP contribution in [0.5, 0.6) is 5.75 Å². The third-order valence-electron chi connectivity index (χ3n) is 7.35. The molecule has 1 aliphatic rings. The highest BCUT2D eigenvalue weighted by atomic mass is 32.2. The van der Waals surface area contributed by atoms with Crippen molar-refractivity contribution in [3.8, 4) is 5.75 Å². The fourth-order valence-corrected chi connectivity index (χ4v) is 7.07. The predicted molar refractivity (Wildman–Crippen MR) is 148 cm³/mol. The van der Waals surface area contributed by atoms with E-state index >= 15 is 0 Å². The Hall–Kier alpha value is -2.71. The summed E-state index contributed by atoms with van der Waals surface area (Å²) in [6.45, 7) is 1.61. The Bertz CT molecular complexity index is 1300. The van der Waals surface area contributed by atoms with Gasteiger partial charge in [0.1, 0.15) is 5.75 Å². The molecule has 3 aromatic rings. The van der Waals surface area contributed by atoms with Gasteiger partial charge in [0.05, 0.1) is 17.9 Å². The van der Waals surface area contributed by atoms with Crippen LogP contribution in [0.3, 0.4) is 0 Å². The van der Waals surface area contributed by atoms with E-state index in [-0.39, 0.29) is 17.2 Å². The highest BCUT2D eigenvalue weighted by Gasteiger charge is 2.27. The highest BCUT2D eigenvalue weighted by molar-refractivity contribution is 7.89. The monoisotopic (exact) mass is 525 g/mol. The van der Waals surface area contributed by atoms with Crippen molar-refractivity contribution in [2.24, 2.45) is 13.0 Å². The lowest BCUT2D eigenvalue weighted by molar-refractivity contribution is 0.301. The van der Waals surface area contributed by atoms with Crippen molar-refractivity contribution in [3.05, 3.63) is 70.8 Å². The second kappa shape index (κ2) is 13.2. The van der Waals surface area contributed by atoms with Gasteiger partial charge in [-0.3, -0.25) is 9.78 Å². The third-order valence-corrected chi connectivity index (χ3v) is 9.40. The largest absolute Gasteiger partial charge is 0.494 e. The van der Waals surface area contributed by atoms with Gasteiger partial charge in [0.15, 0.2) is 0 Å². The van der Waals surface area contributed by atoms with Gasteiger partial charge < -0.3 is 9.30 Å². The van der Waals surface area contributed by atoms with Crippen LogP contribution in [-0.2, 0) is 23.5 Å². The summed E-state index contributed by atoms with van der Waals surface area (Å²) in [4.78, 5) is 16.0. The first kappa shape index (κ1) is 27.3. The fourth-order valence-electron chi connectivity index (χ4n) is 5.16. The summed E-state index contributed by atoms with van der Waals surface area (Å²) >= 11 is 0. The number of unbranched alkanes of at least 4 members (excludes halogenated alkanes) is 2. The molecule has 1 aliphatic carbocycles. The van der Waals surface area contributed by atoms with Gasteiger partial charge in [-0.05, 0) is 80.3 Å². The number of pyridine rings is 2. The molecule has 0 atom stereocenters. The summed E-state index contributed by atoms with van der Waals surface area (Å²) in [6.07, 6.45) is 12.3. The molecule has 4 rings (SSSR count). The SMILES string of the molecule is Cn1c(=O)ccc2cc(OCCCCCN(CCc3cccnc3)S(=O)(=O)CC3CCCCC3)ccc21. The average Bonchev–Trinajstić information content (AvgIpc) is 2.90. The Morgan fingerprint density at radius 2 is 1.86 bits per heavy atom. The van der Waals surface area contributed by atoms with Crippen LogP contribution in [0.15, 0.2) is 59.7 Å². The summed E-state index contributed by atoms with van der Waals surface area (Å²) in [5, 5.41) is 0.965. The molecule has 37 heavy (non-hydrogen) atoms. The van der Waals surface area contributed by atoms with E-state index in [1.54, 1.807) is 28.2 Å². The Balaban J connectivity index is 1.27. The molecule has 0 saturated heterocycles. The van der Waals surface area contributed by atoms with E-state index in [2.05, 4.69) is 4.98 Å². The molecular formula is C29H39N3O4S. The molecule has 0 spiro atoms. The maximum absolute atomic E-state index is 13.3. The number of aryl methyl sites for hydroxylation is 1. The van der Waals surface area contributed by atoms with Crippen molar-refractivity contribution in [3.63, 3.8) is 0 Å². The van der Waals surface area contributed by atoms with Gasteiger partial charge in [-0.15, -0.1) is 0 Å². The number of fused-ring (bicyclic) bond motifs is 1. The minimum absolute atomic E-state index is 0.0311. The smallest absolute Gasteiger partial charge is 0.250 e. The van der Waals surface area contributed by atoms with Crippen LogP contribution in [0.2, 0.25) is 0 Å². The Kier molecular flexibility index (Phi) is 9.75. The van der Waals surface area contributed by atoms with Crippen LogP contribution < -0.4 is 10.3 Å². The lowest BCUT2D eigenvalue weighted by atomic mass is 9.91. The second-order valence-electron chi connectivity index (χ2n) is 10.2. The predicted octanol–water partition coefficient (Wildman–Crippen LogP) is 4.94. The van der Waals surface area contributed by atoms with Crippen LogP contribution in [0.1, 0.15) is 56.9 Å². The van der Waals surface area contributed by atoms with Crippen LogP contribution in [-0.4, -0.2) is 47.7 Å². The van der Waals surface area contributed by atoms with Crippen molar-refractivity contribution in [2.75, 3.05) is 25.4 Å². The van der Waals surface area contributed by atoms with Gasteiger partial charge >= 0.3 is 0 Å². The number of benzene rings is 1. The summed E-state index contributed by atoms with van der Waals surface area (Å²) in [5.41, 5.74) is 1.90. The maximum Gasteiger partial charge on any atom is 0.250 e. The number of rotatable bonds is 13. The van der Waals surface area contributed by atoms with Crippen molar-refractivity contribution in [1.82, 2.24) is 13.9 Å². The molecule has 2 aromatic heterocycles. The summed E-state index contributed by atoms with van der Waals surface area (Å²) in [7, 11) is -1.53. The van der Waals surface area contributed by atoms with Crippen molar-refractivity contribution < 1.29 is 13.2 Å². The Labute approximate surface area is 220 Å². The molecule has 1 aromatic carbocycles. The molecule has 0 radical (unpaired) electrons. The maximum atomic E-state index is 13.3. The molecule has 0 aliphatic heterocycles. The summed E-state index contributed by atoms with van der Waals surface area (Å²) in [6, 6.07) is 13.0. The first-order valence-electron chi connectivity index (χ1n) is 13.5. The minimum atomic E-state index is -3.30. The zero-order valence-electron chi connectivity index (χ0n) is 21.8. The van der Waals surface area contributed by atoms with Crippen LogP contribution in [0, 0.1) is 5.92 Å².